The van der Waals surface area contributed by atoms with Crippen molar-refractivity contribution in [2.24, 2.45) is 0 Å². The van der Waals surface area contributed by atoms with Gasteiger partial charge in [0.15, 0.2) is 11.5 Å². The lowest BCUT2D eigenvalue weighted by molar-refractivity contribution is 0.308. The Morgan fingerprint density at radius 3 is 2.45 bits per heavy atom. The predicted octanol–water partition coefficient (Wildman–Crippen LogP) is 4.37. The van der Waals surface area contributed by atoms with Crippen LogP contribution in [0.25, 0.3) is 0 Å². The fraction of sp³-hybridized carbons (Fsp3) is 0.294. The Kier molecular flexibility index (Phi) is 5.78. The summed E-state index contributed by atoms with van der Waals surface area (Å²) in [5, 5.41) is 3.90. The molecule has 4 nitrogen and oxygen atoms in total. The number of nitrogens with one attached hydrogen (secondary N) is 1. The highest BCUT2D eigenvalue weighted by Crippen LogP contribution is 2.32. The van der Waals surface area contributed by atoms with Gasteiger partial charge < -0.3 is 19.5 Å². The Morgan fingerprint density at radius 2 is 1.82 bits per heavy atom. The molecule has 2 rings (SSSR count). The molecule has 0 bridgehead atoms. The minimum Gasteiger partial charge on any atom is -0.495 e. The van der Waals surface area contributed by atoms with Crippen molar-refractivity contribution in [1.29, 1.82) is 0 Å². The second-order valence-electron chi connectivity index (χ2n) is 4.58. The second kappa shape index (κ2) is 7.80. The van der Waals surface area contributed by atoms with Gasteiger partial charge in [0, 0.05) is 17.8 Å². The maximum absolute atomic E-state index is 6.13. The molecule has 0 saturated heterocycles. The molecule has 0 aliphatic heterocycles. The first-order chi connectivity index (χ1) is 10.7. The summed E-state index contributed by atoms with van der Waals surface area (Å²) in [5.41, 5.74) is 1.93. The van der Waals surface area contributed by atoms with E-state index in [1.165, 1.54) is 0 Å². The summed E-state index contributed by atoms with van der Waals surface area (Å²) < 4.78 is 16.2. The topological polar surface area (TPSA) is 39.7 Å². The zero-order valence-corrected chi connectivity index (χ0v) is 13.7. The minimum absolute atomic E-state index is 0.572. The molecule has 22 heavy (non-hydrogen) atoms. The maximum Gasteiger partial charge on any atom is 0.166 e. The van der Waals surface area contributed by atoms with Crippen molar-refractivity contribution in [1.82, 2.24) is 0 Å². The van der Waals surface area contributed by atoms with Crippen molar-refractivity contribution < 1.29 is 14.2 Å². The van der Waals surface area contributed by atoms with E-state index < -0.39 is 0 Å². The molecule has 2 aromatic rings. The molecule has 5 heteroatoms. The normalized spacial score (nSPS) is 10.2. The number of halogens is 1. The number of hydrogen-bond donors (Lipinski definition) is 1. The Bertz CT molecular complexity index is 631. The molecule has 1 N–H and O–H groups in total. The molecular weight excluding hydrogens is 302 g/mol. The van der Waals surface area contributed by atoms with Crippen LogP contribution in [-0.2, 0) is 6.54 Å². The Morgan fingerprint density at radius 1 is 1.05 bits per heavy atom. The van der Waals surface area contributed by atoms with E-state index >= 15 is 0 Å². The maximum atomic E-state index is 6.13. The first kappa shape index (κ1) is 16.3. The molecule has 0 heterocycles. The van der Waals surface area contributed by atoms with E-state index in [2.05, 4.69) is 5.32 Å². The SMILES string of the molecule is CCOc1c(CNc2ccc(OC)c(Cl)c2)cccc1OC. The molecule has 0 amide bonds. The third-order valence-corrected chi connectivity index (χ3v) is 3.50. The Labute approximate surface area is 136 Å². The van der Waals surface area contributed by atoms with Gasteiger partial charge in [0.25, 0.3) is 0 Å². The zero-order chi connectivity index (χ0) is 15.9. The van der Waals surface area contributed by atoms with Crippen LogP contribution >= 0.6 is 11.6 Å². The quantitative estimate of drug-likeness (QED) is 0.822. The number of benzene rings is 2. The molecule has 0 unspecified atom stereocenters. The molecule has 2 aromatic carbocycles. The first-order valence-corrected chi connectivity index (χ1v) is 7.43. The standard InChI is InChI=1S/C17H20ClNO3/c1-4-22-17-12(6-5-7-16(17)21-3)11-19-13-8-9-15(20-2)14(18)10-13/h5-10,19H,4,11H2,1-3H3. The summed E-state index contributed by atoms with van der Waals surface area (Å²) in [6.45, 7) is 3.14. The van der Waals surface area contributed by atoms with Gasteiger partial charge in [-0.15, -0.1) is 0 Å². The average Bonchev–Trinajstić information content (AvgIpc) is 2.54. The highest BCUT2D eigenvalue weighted by atomic mass is 35.5. The molecule has 0 fully saturated rings. The van der Waals surface area contributed by atoms with Crippen LogP contribution < -0.4 is 19.5 Å². The lowest BCUT2D eigenvalue weighted by Gasteiger charge is -2.15. The molecule has 0 aliphatic carbocycles. The van der Waals surface area contributed by atoms with Gasteiger partial charge in [-0.1, -0.05) is 23.7 Å². The Hall–Kier alpha value is -2.07. The third kappa shape index (κ3) is 3.77. The number of ether oxygens (including phenoxy) is 3. The second-order valence-corrected chi connectivity index (χ2v) is 4.99. The van der Waals surface area contributed by atoms with Gasteiger partial charge in [-0.05, 0) is 31.2 Å². The van der Waals surface area contributed by atoms with E-state index in [1.807, 2.05) is 43.3 Å². The summed E-state index contributed by atoms with van der Waals surface area (Å²) in [4.78, 5) is 0. The molecule has 0 aromatic heterocycles. The molecular formula is C17H20ClNO3. The van der Waals surface area contributed by atoms with E-state index in [1.54, 1.807) is 14.2 Å². The van der Waals surface area contributed by atoms with Crippen LogP contribution in [0.5, 0.6) is 17.2 Å². The van der Waals surface area contributed by atoms with Gasteiger partial charge in [0.1, 0.15) is 5.75 Å². The number of hydrogen-bond acceptors (Lipinski definition) is 4. The van der Waals surface area contributed by atoms with Gasteiger partial charge >= 0.3 is 0 Å². The molecule has 0 radical (unpaired) electrons. The van der Waals surface area contributed by atoms with Crippen LogP contribution in [0.15, 0.2) is 36.4 Å². The van der Waals surface area contributed by atoms with Gasteiger partial charge in [-0.2, -0.15) is 0 Å². The fourth-order valence-electron chi connectivity index (χ4n) is 2.14. The highest BCUT2D eigenvalue weighted by Gasteiger charge is 2.10. The lowest BCUT2D eigenvalue weighted by atomic mass is 10.1. The van der Waals surface area contributed by atoms with Gasteiger partial charge in [0.05, 0.1) is 25.8 Å². The van der Waals surface area contributed by atoms with Crippen LogP contribution in [0, 0.1) is 0 Å². The van der Waals surface area contributed by atoms with E-state index in [4.69, 9.17) is 25.8 Å². The minimum atomic E-state index is 0.572. The van der Waals surface area contributed by atoms with Crippen LogP contribution in [0.4, 0.5) is 5.69 Å². The molecule has 0 atom stereocenters. The largest absolute Gasteiger partial charge is 0.495 e. The van der Waals surface area contributed by atoms with Crippen molar-refractivity contribution in [3.05, 3.63) is 47.0 Å². The first-order valence-electron chi connectivity index (χ1n) is 7.05. The summed E-state index contributed by atoms with van der Waals surface area (Å²) >= 11 is 6.13. The van der Waals surface area contributed by atoms with E-state index in [-0.39, 0.29) is 0 Å². The number of anilines is 1. The fourth-order valence-corrected chi connectivity index (χ4v) is 2.40. The zero-order valence-electron chi connectivity index (χ0n) is 13.0. The van der Waals surface area contributed by atoms with Crippen molar-refractivity contribution >= 4 is 17.3 Å². The van der Waals surface area contributed by atoms with Crippen molar-refractivity contribution in [2.45, 2.75) is 13.5 Å². The summed E-state index contributed by atoms with van der Waals surface area (Å²) in [6, 6.07) is 11.4. The average molecular weight is 322 g/mol. The molecule has 0 saturated carbocycles. The van der Waals surface area contributed by atoms with Crippen molar-refractivity contribution in [2.75, 3.05) is 26.1 Å². The van der Waals surface area contributed by atoms with Crippen molar-refractivity contribution in [3.63, 3.8) is 0 Å². The van der Waals surface area contributed by atoms with Gasteiger partial charge in [-0.3, -0.25) is 0 Å². The highest BCUT2D eigenvalue weighted by molar-refractivity contribution is 6.32. The monoisotopic (exact) mass is 321 g/mol. The number of rotatable bonds is 7. The summed E-state index contributed by atoms with van der Waals surface area (Å²) in [5.74, 6) is 2.15. The van der Waals surface area contributed by atoms with Crippen LogP contribution in [0.3, 0.4) is 0 Å². The predicted molar refractivity (Wildman–Crippen MR) is 89.5 cm³/mol. The molecule has 0 aliphatic rings. The van der Waals surface area contributed by atoms with Crippen LogP contribution in [0.1, 0.15) is 12.5 Å². The van der Waals surface area contributed by atoms with Crippen LogP contribution in [-0.4, -0.2) is 20.8 Å². The molecule has 118 valence electrons. The Balaban J connectivity index is 2.15. The smallest absolute Gasteiger partial charge is 0.166 e. The number of methoxy groups -OCH3 is 2. The van der Waals surface area contributed by atoms with E-state index in [0.717, 1.165) is 22.7 Å². The summed E-state index contributed by atoms with van der Waals surface area (Å²) in [7, 11) is 3.23. The third-order valence-electron chi connectivity index (χ3n) is 3.20. The molecule has 0 spiro atoms. The van der Waals surface area contributed by atoms with E-state index in [9.17, 15) is 0 Å². The van der Waals surface area contributed by atoms with E-state index in [0.29, 0.717) is 23.9 Å². The van der Waals surface area contributed by atoms with Gasteiger partial charge in [-0.25, -0.2) is 0 Å². The number of para-hydroxylation sites is 1. The lowest BCUT2D eigenvalue weighted by Crippen LogP contribution is -2.04. The van der Waals surface area contributed by atoms with Crippen molar-refractivity contribution in [3.8, 4) is 17.2 Å². The summed E-state index contributed by atoms with van der Waals surface area (Å²) in [6.07, 6.45) is 0. The van der Waals surface area contributed by atoms with Crippen LogP contribution in [0.2, 0.25) is 5.02 Å². The van der Waals surface area contributed by atoms with Gasteiger partial charge in [0.2, 0.25) is 0 Å².